The molecule has 0 bridgehead atoms. The highest BCUT2D eigenvalue weighted by Crippen LogP contribution is 2.18. The van der Waals surface area contributed by atoms with Gasteiger partial charge in [0.25, 0.3) is 0 Å². The average molecular weight is 326 g/mol. The Kier molecular flexibility index (Phi) is 4.52. The number of urea groups is 1. The number of fused-ring (bicyclic) bond motifs is 1. The zero-order chi connectivity index (χ0) is 16.2. The predicted molar refractivity (Wildman–Crippen MR) is 93.9 cm³/mol. The zero-order valence-electron chi connectivity index (χ0n) is 13.1. The Morgan fingerprint density at radius 3 is 2.96 bits per heavy atom. The Hall–Kier alpha value is -2.47. The molecule has 3 aromatic rings. The number of carbonyl (C=O) groups excluding carboxylic acids is 1. The van der Waals surface area contributed by atoms with Crippen molar-refractivity contribution < 1.29 is 4.79 Å². The van der Waals surface area contributed by atoms with Crippen LogP contribution in [-0.4, -0.2) is 34.5 Å². The van der Waals surface area contributed by atoms with E-state index in [-0.39, 0.29) is 6.03 Å². The van der Waals surface area contributed by atoms with Crippen molar-refractivity contribution in [3.8, 4) is 0 Å². The quantitative estimate of drug-likeness (QED) is 0.795. The highest BCUT2D eigenvalue weighted by Gasteiger charge is 2.10. The highest BCUT2D eigenvalue weighted by atomic mass is 32.1. The van der Waals surface area contributed by atoms with Gasteiger partial charge in [0.2, 0.25) is 0 Å². The Labute approximate surface area is 139 Å². The minimum absolute atomic E-state index is 0.119. The van der Waals surface area contributed by atoms with E-state index in [4.69, 9.17) is 0 Å². The van der Waals surface area contributed by atoms with E-state index in [0.717, 1.165) is 33.6 Å². The maximum absolute atomic E-state index is 12.3. The van der Waals surface area contributed by atoms with Gasteiger partial charge in [-0.2, -0.15) is 0 Å². The molecule has 2 amide bonds. The molecule has 0 atom stereocenters. The van der Waals surface area contributed by atoms with Crippen molar-refractivity contribution in [2.24, 2.45) is 0 Å². The van der Waals surface area contributed by atoms with Gasteiger partial charge in [0.05, 0.1) is 5.01 Å². The molecule has 0 radical (unpaired) electrons. The summed E-state index contributed by atoms with van der Waals surface area (Å²) in [6.45, 7) is 2.61. The first kappa shape index (κ1) is 15.4. The van der Waals surface area contributed by atoms with Gasteiger partial charge in [-0.05, 0) is 30.5 Å². The van der Waals surface area contributed by atoms with Crippen LogP contribution in [0.25, 0.3) is 10.8 Å². The number of aryl methyl sites for hydroxylation is 1. The molecule has 0 saturated carbocycles. The number of nitrogens with one attached hydrogen (secondary N) is 1. The molecule has 1 N–H and O–H groups in total. The molecule has 23 heavy (non-hydrogen) atoms. The highest BCUT2D eigenvalue weighted by molar-refractivity contribution is 7.09. The van der Waals surface area contributed by atoms with Crippen LogP contribution >= 0.6 is 11.3 Å². The van der Waals surface area contributed by atoms with E-state index in [1.807, 2.05) is 42.8 Å². The van der Waals surface area contributed by atoms with Crippen molar-refractivity contribution in [1.29, 1.82) is 0 Å². The summed E-state index contributed by atoms with van der Waals surface area (Å²) >= 11 is 1.63. The fourth-order valence-electron chi connectivity index (χ4n) is 2.26. The van der Waals surface area contributed by atoms with Gasteiger partial charge in [0, 0.05) is 54.6 Å². The number of carbonyl (C=O) groups is 1. The van der Waals surface area contributed by atoms with Gasteiger partial charge >= 0.3 is 6.03 Å². The Balaban J connectivity index is 1.60. The molecule has 3 rings (SSSR count). The molecular formula is C17H18N4OS. The summed E-state index contributed by atoms with van der Waals surface area (Å²) in [4.78, 5) is 22.4. The van der Waals surface area contributed by atoms with Crippen molar-refractivity contribution in [2.45, 2.75) is 13.3 Å². The number of aromatic nitrogens is 2. The second-order valence-corrected chi connectivity index (χ2v) is 6.36. The molecule has 0 aliphatic carbocycles. The van der Waals surface area contributed by atoms with E-state index >= 15 is 0 Å². The summed E-state index contributed by atoms with van der Waals surface area (Å²) in [7, 11) is 1.79. The summed E-state index contributed by atoms with van der Waals surface area (Å²) in [6, 6.07) is 7.61. The minimum Gasteiger partial charge on any atom is -0.327 e. The lowest BCUT2D eigenvalue weighted by atomic mass is 10.1. The molecule has 0 fully saturated rings. The van der Waals surface area contributed by atoms with Gasteiger partial charge in [0.1, 0.15) is 0 Å². The van der Waals surface area contributed by atoms with Crippen LogP contribution in [0.4, 0.5) is 10.5 Å². The van der Waals surface area contributed by atoms with E-state index < -0.39 is 0 Å². The molecule has 5 nitrogen and oxygen atoms in total. The van der Waals surface area contributed by atoms with Gasteiger partial charge in [-0.15, -0.1) is 11.3 Å². The summed E-state index contributed by atoms with van der Waals surface area (Å²) in [5, 5.41) is 8.12. The molecule has 0 saturated heterocycles. The Morgan fingerprint density at radius 2 is 2.17 bits per heavy atom. The van der Waals surface area contributed by atoms with Gasteiger partial charge in [0.15, 0.2) is 0 Å². The molecule has 118 valence electrons. The van der Waals surface area contributed by atoms with Crippen molar-refractivity contribution >= 4 is 33.8 Å². The molecule has 0 unspecified atom stereocenters. The number of likely N-dealkylation sites (N-methyl/N-ethyl adjacent to an activating group) is 1. The fourth-order valence-corrected chi connectivity index (χ4v) is 3.03. The van der Waals surface area contributed by atoms with Crippen LogP contribution in [0.2, 0.25) is 0 Å². The number of pyridine rings is 1. The smallest absolute Gasteiger partial charge is 0.321 e. The molecule has 2 aromatic heterocycles. The first-order valence-corrected chi connectivity index (χ1v) is 8.27. The van der Waals surface area contributed by atoms with Crippen LogP contribution in [0.15, 0.2) is 42.0 Å². The Bertz CT molecular complexity index is 830. The lowest BCUT2D eigenvalue weighted by Crippen LogP contribution is -2.32. The van der Waals surface area contributed by atoms with Crippen molar-refractivity contribution in [1.82, 2.24) is 14.9 Å². The fraction of sp³-hybridized carbons (Fsp3) is 0.235. The topological polar surface area (TPSA) is 58.1 Å². The third-order valence-electron chi connectivity index (χ3n) is 3.57. The van der Waals surface area contributed by atoms with Crippen LogP contribution in [0.5, 0.6) is 0 Å². The SMILES string of the molecule is Cc1csc(CCN(C)C(=O)Nc2ccc3cnccc3c2)n1. The van der Waals surface area contributed by atoms with Gasteiger partial charge < -0.3 is 10.2 Å². The number of amides is 2. The molecule has 0 aliphatic heterocycles. The number of thiazole rings is 1. The van der Waals surface area contributed by atoms with Gasteiger partial charge in [-0.3, -0.25) is 4.98 Å². The van der Waals surface area contributed by atoms with E-state index in [9.17, 15) is 4.79 Å². The third-order valence-corrected chi connectivity index (χ3v) is 4.59. The van der Waals surface area contributed by atoms with E-state index in [2.05, 4.69) is 15.3 Å². The largest absolute Gasteiger partial charge is 0.327 e. The van der Waals surface area contributed by atoms with Crippen molar-refractivity contribution in [3.05, 3.63) is 52.7 Å². The number of benzene rings is 1. The van der Waals surface area contributed by atoms with Gasteiger partial charge in [-0.25, -0.2) is 9.78 Å². The van der Waals surface area contributed by atoms with Crippen LogP contribution in [0.3, 0.4) is 0 Å². The zero-order valence-corrected chi connectivity index (χ0v) is 13.9. The summed E-state index contributed by atoms with van der Waals surface area (Å²) in [6.07, 6.45) is 4.32. The number of anilines is 1. The standard InChI is InChI=1S/C17H18N4OS/c1-12-11-23-16(19-12)6-8-21(2)17(22)20-15-4-3-14-10-18-7-5-13(14)9-15/h3-5,7,9-11H,6,8H2,1-2H3,(H,20,22). The first-order valence-electron chi connectivity index (χ1n) is 7.39. The molecule has 0 aliphatic rings. The molecule has 6 heteroatoms. The second-order valence-electron chi connectivity index (χ2n) is 5.42. The minimum atomic E-state index is -0.119. The third kappa shape index (κ3) is 3.84. The number of nitrogens with zero attached hydrogens (tertiary/aromatic N) is 3. The van der Waals surface area contributed by atoms with Crippen molar-refractivity contribution in [3.63, 3.8) is 0 Å². The average Bonchev–Trinajstić information content (AvgIpc) is 2.98. The van der Waals surface area contributed by atoms with Crippen LogP contribution in [-0.2, 0) is 6.42 Å². The lowest BCUT2D eigenvalue weighted by Gasteiger charge is -2.17. The summed E-state index contributed by atoms with van der Waals surface area (Å²) < 4.78 is 0. The maximum Gasteiger partial charge on any atom is 0.321 e. The number of hydrogen-bond donors (Lipinski definition) is 1. The number of rotatable bonds is 4. The molecule has 1 aromatic carbocycles. The monoisotopic (exact) mass is 326 g/mol. The summed E-state index contributed by atoms with van der Waals surface area (Å²) in [5.41, 5.74) is 1.81. The van der Waals surface area contributed by atoms with Crippen LogP contribution < -0.4 is 5.32 Å². The molecule has 0 spiro atoms. The Morgan fingerprint density at radius 1 is 1.30 bits per heavy atom. The van der Waals surface area contributed by atoms with E-state index in [0.29, 0.717) is 6.54 Å². The van der Waals surface area contributed by atoms with E-state index in [1.54, 1.807) is 29.5 Å². The van der Waals surface area contributed by atoms with Gasteiger partial charge in [-0.1, -0.05) is 6.07 Å². The van der Waals surface area contributed by atoms with E-state index in [1.165, 1.54) is 0 Å². The van der Waals surface area contributed by atoms with Crippen LogP contribution in [0.1, 0.15) is 10.7 Å². The van der Waals surface area contributed by atoms with Crippen molar-refractivity contribution in [2.75, 3.05) is 18.9 Å². The number of hydrogen-bond acceptors (Lipinski definition) is 4. The second kappa shape index (κ2) is 6.75. The van der Waals surface area contributed by atoms with Crippen LogP contribution in [0, 0.1) is 6.92 Å². The molecular weight excluding hydrogens is 308 g/mol. The lowest BCUT2D eigenvalue weighted by molar-refractivity contribution is 0.223. The normalized spacial score (nSPS) is 10.7. The first-order chi connectivity index (χ1) is 11.1. The summed E-state index contributed by atoms with van der Waals surface area (Å²) in [5.74, 6) is 0. The predicted octanol–water partition coefficient (Wildman–Crippen LogP) is 3.71. The molecule has 2 heterocycles. The maximum atomic E-state index is 12.3.